The van der Waals surface area contributed by atoms with Gasteiger partial charge in [-0.25, -0.2) is 14.4 Å². The van der Waals surface area contributed by atoms with Crippen LogP contribution in [0.5, 0.6) is 11.5 Å². The molecule has 0 amide bonds. The van der Waals surface area contributed by atoms with Crippen molar-refractivity contribution in [1.29, 1.82) is 0 Å². The van der Waals surface area contributed by atoms with E-state index in [0.29, 0.717) is 53.6 Å². The smallest absolute Gasteiger partial charge is 0.320 e. The standard InChI is InChI=1S/C23H24ClFN4O4/c1-23(2)12-29(11-21(30)33-23)6-7-32-20-10-18-15(9-19(20)31-3)22(27-13-26-18)28-14-4-5-17(25)16(24)8-14/h4-5,8-10,13H,6-7,11-12H2,1-3H3,(H,26,27,28). The Morgan fingerprint density at radius 1 is 1.24 bits per heavy atom. The second kappa shape index (κ2) is 9.36. The van der Waals surface area contributed by atoms with E-state index in [-0.39, 0.29) is 17.5 Å². The molecule has 174 valence electrons. The van der Waals surface area contributed by atoms with Crippen LogP contribution in [-0.4, -0.2) is 59.8 Å². The average Bonchev–Trinajstić information content (AvgIpc) is 2.74. The van der Waals surface area contributed by atoms with Crippen molar-refractivity contribution in [2.24, 2.45) is 0 Å². The molecule has 1 aromatic heterocycles. The lowest BCUT2D eigenvalue weighted by Gasteiger charge is -2.37. The molecule has 8 nitrogen and oxygen atoms in total. The summed E-state index contributed by atoms with van der Waals surface area (Å²) in [5.41, 5.74) is 0.702. The van der Waals surface area contributed by atoms with E-state index in [1.807, 2.05) is 18.7 Å². The topological polar surface area (TPSA) is 85.8 Å². The van der Waals surface area contributed by atoms with Crippen LogP contribution in [0.4, 0.5) is 15.9 Å². The summed E-state index contributed by atoms with van der Waals surface area (Å²) in [5.74, 6) is 0.813. The van der Waals surface area contributed by atoms with E-state index >= 15 is 0 Å². The Labute approximate surface area is 195 Å². The number of benzene rings is 2. The summed E-state index contributed by atoms with van der Waals surface area (Å²) in [7, 11) is 1.55. The molecule has 1 N–H and O–H groups in total. The molecule has 0 saturated carbocycles. The molecule has 2 heterocycles. The van der Waals surface area contributed by atoms with E-state index in [9.17, 15) is 9.18 Å². The summed E-state index contributed by atoms with van der Waals surface area (Å²) in [6, 6.07) is 7.88. The van der Waals surface area contributed by atoms with Gasteiger partial charge in [0.05, 0.1) is 24.2 Å². The minimum Gasteiger partial charge on any atom is -0.493 e. The Kier molecular flexibility index (Phi) is 6.53. The molecular formula is C23H24ClFN4O4. The van der Waals surface area contributed by atoms with E-state index in [2.05, 4.69) is 15.3 Å². The predicted molar refractivity (Wildman–Crippen MR) is 123 cm³/mol. The van der Waals surface area contributed by atoms with Crippen LogP contribution in [0.15, 0.2) is 36.7 Å². The second-order valence-electron chi connectivity index (χ2n) is 8.29. The van der Waals surface area contributed by atoms with E-state index in [0.717, 1.165) is 0 Å². The van der Waals surface area contributed by atoms with E-state index in [4.69, 9.17) is 25.8 Å². The number of halogens is 2. The molecule has 0 spiro atoms. The molecule has 4 rings (SSSR count). The van der Waals surface area contributed by atoms with Gasteiger partial charge in [-0.1, -0.05) is 11.6 Å². The number of rotatable bonds is 7. The number of hydrogen-bond donors (Lipinski definition) is 1. The van der Waals surface area contributed by atoms with E-state index in [1.54, 1.807) is 25.3 Å². The summed E-state index contributed by atoms with van der Waals surface area (Å²) in [6.45, 7) is 5.55. The van der Waals surface area contributed by atoms with Crippen molar-refractivity contribution >= 4 is 40.0 Å². The lowest BCUT2D eigenvalue weighted by atomic mass is 10.1. The van der Waals surface area contributed by atoms with Gasteiger partial charge in [0, 0.05) is 30.2 Å². The van der Waals surface area contributed by atoms with Crippen LogP contribution in [0.1, 0.15) is 13.8 Å². The quantitative estimate of drug-likeness (QED) is 0.510. The zero-order valence-corrected chi connectivity index (χ0v) is 19.3. The van der Waals surface area contributed by atoms with Crippen LogP contribution in [0.25, 0.3) is 10.9 Å². The monoisotopic (exact) mass is 474 g/mol. The van der Waals surface area contributed by atoms with E-state index in [1.165, 1.54) is 18.5 Å². The number of carbonyl (C=O) groups excluding carboxylic acids is 1. The number of morpholine rings is 1. The maximum absolute atomic E-state index is 13.5. The largest absolute Gasteiger partial charge is 0.493 e. The summed E-state index contributed by atoms with van der Waals surface area (Å²) in [4.78, 5) is 22.4. The van der Waals surface area contributed by atoms with Crippen molar-refractivity contribution < 1.29 is 23.4 Å². The Hall–Kier alpha value is -3.17. The number of carbonyl (C=O) groups is 1. The first-order chi connectivity index (χ1) is 15.7. The van der Waals surface area contributed by atoms with Crippen molar-refractivity contribution in [1.82, 2.24) is 14.9 Å². The van der Waals surface area contributed by atoms with Gasteiger partial charge in [0.1, 0.15) is 30.2 Å². The fourth-order valence-electron chi connectivity index (χ4n) is 3.74. The third kappa shape index (κ3) is 5.43. The molecule has 33 heavy (non-hydrogen) atoms. The highest BCUT2D eigenvalue weighted by molar-refractivity contribution is 6.31. The van der Waals surface area contributed by atoms with Gasteiger partial charge >= 0.3 is 5.97 Å². The molecule has 3 aromatic rings. The Morgan fingerprint density at radius 2 is 2.06 bits per heavy atom. The minimum atomic E-state index is -0.523. The molecule has 1 saturated heterocycles. The highest BCUT2D eigenvalue weighted by Crippen LogP contribution is 2.35. The third-order valence-corrected chi connectivity index (χ3v) is 5.41. The molecule has 0 bridgehead atoms. The molecule has 2 aromatic carbocycles. The van der Waals surface area contributed by atoms with E-state index < -0.39 is 11.4 Å². The third-order valence-electron chi connectivity index (χ3n) is 5.12. The van der Waals surface area contributed by atoms with Gasteiger partial charge in [-0.2, -0.15) is 0 Å². The number of hydrogen-bond acceptors (Lipinski definition) is 8. The van der Waals surface area contributed by atoms with Gasteiger partial charge in [0.15, 0.2) is 11.5 Å². The number of ether oxygens (including phenoxy) is 3. The van der Waals surface area contributed by atoms with Crippen LogP contribution < -0.4 is 14.8 Å². The van der Waals surface area contributed by atoms with Gasteiger partial charge in [0.25, 0.3) is 0 Å². The first-order valence-electron chi connectivity index (χ1n) is 10.4. The maximum atomic E-state index is 13.5. The molecular weight excluding hydrogens is 451 g/mol. The Balaban J connectivity index is 1.51. The summed E-state index contributed by atoms with van der Waals surface area (Å²) >= 11 is 5.88. The van der Waals surface area contributed by atoms with Crippen LogP contribution in [0.2, 0.25) is 5.02 Å². The Bertz CT molecular complexity index is 1190. The number of cyclic esters (lactones) is 1. The van der Waals surface area contributed by atoms with Gasteiger partial charge in [-0.3, -0.25) is 9.69 Å². The number of anilines is 2. The van der Waals surface area contributed by atoms with Crippen molar-refractivity contribution in [3.8, 4) is 11.5 Å². The highest BCUT2D eigenvalue weighted by atomic mass is 35.5. The Morgan fingerprint density at radius 3 is 2.79 bits per heavy atom. The molecule has 0 radical (unpaired) electrons. The number of nitrogens with one attached hydrogen (secondary N) is 1. The zero-order valence-electron chi connectivity index (χ0n) is 18.5. The number of methoxy groups -OCH3 is 1. The normalized spacial score (nSPS) is 15.8. The predicted octanol–water partition coefficient (Wildman–Crippen LogP) is 4.19. The lowest BCUT2D eigenvalue weighted by molar-refractivity contribution is -0.169. The van der Waals surface area contributed by atoms with Gasteiger partial charge in [0.2, 0.25) is 0 Å². The van der Waals surface area contributed by atoms with Crippen LogP contribution in [0, 0.1) is 5.82 Å². The summed E-state index contributed by atoms with van der Waals surface area (Å²) < 4.78 is 30.3. The fraction of sp³-hybridized carbons (Fsp3) is 0.348. The highest BCUT2D eigenvalue weighted by Gasteiger charge is 2.32. The molecule has 10 heteroatoms. The molecule has 0 atom stereocenters. The number of aromatic nitrogens is 2. The summed E-state index contributed by atoms with van der Waals surface area (Å²) in [5, 5.41) is 3.84. The molecule has 0 unspecified atom stereocenters. The van der Waals surface area contributed by atoms with Crippen LogP contribution >= 0.6 is 11.6 Å². The zero-order chi connectivity index (χ0) is 23.6. The summed E-state index contributed by atoms with van der Waals surface area (Å²) in [6.07, 6.45) is 1.42. The number of fused-ring (bicyclic) bond motifs is 1. The van der Waals surface area contributed by atoms with Crippen molar-refractivity contribution in [2.75, 3.05) is 38.7 Å². The molecule has 1 aliphatic heterocycles. The fourth-order valence-corrected chi connectivity index (χ4v) is 3.92. The SMILES string of the molecule is COc1cc2c(Nc3ccc(F)c(Cl)c3)ncnc2cc1OCCN1CC(=O)OC(C)(C)C1. The maximum Gasteiger partial charge on any atom is 0.320 e. The van der Waals surface area contributed by atoms with Gasteiger partial charge in [-0.15, -0.1) is 0 Å². The lowest BCUT2D eigenvalue weighted by Crippen LogP contribution is -2.51. The van der Waals surface area contributed by atoms with Gasteiger partial charge in [-0.05, 0) is 38.1 Å². The van der Waals surface area contributed by atoms with Crippen LogP contribution in [-0.2, 0) is 9.53 Å². The van der Waals surface area contributed by atoms with Crippen molar-refractivity contribution in [3.05, 3.63) is 47.5 Å². The van der Waals surface area contributed by atoms with Gasteiger partial charge < -0.3 is 19.5 Å². The number of nitrogens with zero attached hydrogens (tertiary/aromatic N) is 3. The molecule has 1 aliphatic rings. The number of esters is 1. The minimum absolute atomic E-state index is 0.0111. The average molecular weight is 475 g/mol. The van der Waals surface area contributed by atoms with Crippen LogP contribution in [0.3, 0.4) is 0 Å². The van der Waals surface area contributed by atoms with Crippen molar-refractivity contribution in [3.63, 3.8) is 0 Å². The first-order valence-corrected chi connectivity index (χ1v) is 10.7. The second-order valence-corrected chi connectivity index (χ2v) is 8.70. The molecule has 0 aliphatic carbocycles. The first kappa shape index (κ1) is 23.0. The molecule has 1 fully saturated rings. The van der Waals surface area contributed by atoms with Crippen molar-refractivity contribution in [2.45, 2.75) is 19.4 Å².